The van der Waals surface area contributed by atoms with Crippen molar-refractivity contribution in [3.8, 4) is 0 Å². The molecule has 2 rings (SSSR count). The molecule has 0 aromatic heterocycles. The van der Waals surface area contributed by atoms with Gasteiger partial charge in [0.1, 0.15) is 0 Å². The molecule has 3 nitrogen and oxygen atoms in total. The van der Waals surface area contributed by atoms with Crippen LogP contribution in [0.15, 0.2) is 0 Å². The van der Waals surface area contributed by atoms with E-state index < -0.39 is 0 Å². The van der Waals surface area contributed by atoms with Crippen molar-refractivity contribution < 1.29 is 9.84 Å². The van der Waals surface area contributed by atoms with Crippen molar-refractivity contribution in [3.05, 3.63) is 0 Å². The molecule has 2 aliphatic rings. The minimum atomic E-state index is -0.246. The molecular weight excluding hydrogens is 214 g/mol. The predicted octanol–water partition coefficient (Wildman–Crippen LogP) is 2.08. The standard InChI is InChI=1S/C14H27NO2/c1-11-3-7-13(8-4-11)17-10-14(2,9-16)15-12-5-6-12/h11-13,15-16H,3-10H2,1-2H3. The molecule has 0 amide bonds. The summed E-state index contributed by atoms with van der Waals surface area (Å²) in [5.41, 5.74) is -0.246. The minimum absolute atomic E-state index is 0.159. The van der Waals surface area contributed by atoms with E-state index in [4.69, 9.17) is 4.74 Å². The molecule has 0 bridgehead atoms. The lowest BCUT2D eigenvalue weighted by Gasteiger charge is -2.33. The molecule has 17 heavy (non-hydrogen) atoms. The number of ether oxygens (including phenoxy) is 1. The molecule has 0 radical (unpaired) electrons. The molecule has 0 aromatic carbocycles. The van der Waals surface area contributed by atoms with Gasteiger partial charge in [-0.2, -0.15) is 0 Å². The maximum absolute atomic E-state index is 9.49. The van der Waals surface area contributed by atoms with Crippen molar-refractivity contribution in [1.29, 1.82) is 0 Å². The number of aliphatic hydroxyl groups is 1. The van der Waals surface area contributed by atoms with Gasteiger partial charge in [-0.25, -0.2) is 0 Å². The number of hydrogen-bond donors (Lipinski definition) is 2. The van der Waals surface area contributed by atoms with Crippen molar-refractivity contribution in [3.63, 3.8) is 0 Å². The summed E-state index contributed by atoms with van der Waals surface area (Å²) in [6.07, 6.45) is 7.86. The Hall–Kier alpha value is -0.120. The first-order valence-corrected chi connectivity index (χ1v) is 7.11. The molecule has 0 aliphatic heterocycles. The van der Waals surface area contributed by atoms with E-state index in [1.165, 1.54) is 38.5 Å². The smallest absolute Gasteiger partial charge is 0.0671 e. The second-order valence-corrected chi connectivity index (χ2v) is 6.33. The topological polar surface area (TPSA) is 41.5 Å². The maximum atomic E-state index is 9.49. The van der Waals surface area contributed by atoms with E-state index in [1.54, 1.807) is 0 Å². The van der Waals surface area contributed by atoms with E-state index in [-0.39, 0.29) is 12.1 Å². The summed E-state index contributed by atoms with van der Waals surface area (Å²) in [5.74, 6) is 0.865. The van der Waals surface area contributed by atoms with Gasteiger partial charge in [0.25, 0.3) is 0 Å². The summed E-state index contributed by atoms with van der Waals surface area (Å²) in [6.45, 7) is 5.19. The lowest BCUT2D eigenvalue weighted by Crippen LogP contribution is -2.51. The van der Waals surface area contributed by atoms with E-state index in [0.29, 0.717) is 18.8 Å². The van der Waals surface area contributed by atoms with Crippen LogP contribution in [0.5, 0.6) is 0 Å². The van der Waals surface area contributed by atoms with Gasteiger partial charge in [0.15, 0.2) is 0 Å². The van der Waals surface area contributed by atoms with Crippen molar-refractivity contribution in [2.45, 2.75) is 70.1 Å². The van der Waals surface area contributed by atoms with Crippen LogP contribution in [0, 0.1) is 5.92 Å². The Balaban J connectivity index is 1.71. The fourth-order valence-electron chi connectivity index (χ4n) is 2.55. The highest BCUT2D eigenvalue weighted by Crippen LogP contribution is 2.27. The Kier molecular flexibility index (Phi) is 4.45. The second kappa shape index (κ2) is 5.68. The van der Waals surface area contributed by atoms with Gasteiger partial charge < -0.3 is 15.2 Å². The van der Waals surface area contributed by atoms with Gasteiger partial charge in [0, 0.05) is 6.04 Å². The zero-order chi connectivity index (χ0) is 12.3. The third-order valence-corrected chi connectivity index (χ3v) is 4.08. The molecule has 2 fully saturated rings. The van der Waals surface area contributed by atoms with Gasteiger partial charge in [-0.3, -0.25) is 0 Å². The molecule has 1 atom stereocenters. The summed E-state index contributed by atoms with van der Waals surface area (Å²) < 4.78 is 5.99. The summed E-state index contributed by atoms with van der Waals surface area (Å²) >= 11 is 0. The number of rotatable bonds is 6. The Morgan fingerprint density at radius 2 is 1.82 bits per heavy atom. The van der Waals surface area contributed by atoms with E-state index in [9.17, 15) is 5.11 Å². The molecule has 0 heterocycles. The molecule has 0 saturated heterocycles. The fourth-order valence-corrected chi connectivity index (χ4v) is 2.55. The monoisotopic (exact) mass is 241 g/mol. The first-order valence-electron chi connectivity index (χ1n) is 7.11. The van der Waals surface area contributed by atoms with Crippen LogP contribution in [0.25, 0.3) is 0 Å². The molecule has 100 valence electrons. The Labute approximate surface area is 105 Å². The van der Waals surface area contributed by atoms with Gasteiger partial charge >= 0.3 is 0 Å². The third-order valence-electron chi connectivity index (χ3n) is 4.08. The Morgan fingerprint density at radius 1 is 1.18 bits per heavy atom. The van der Waals surface area contributed by atoms with Crippen LogP contribution >= 0.6 is 0 Å². The molecule has 2 N–H and O–H groups in total. The van der Waals surface area contributed by atoms with Crippen LogP contribution in [0.3, 0.4) is 0 Å². The van der Waals surface area contributed by atoms with Gasteiger partial charge in [-0.05, 0) is 51.4 Å². The van der Waals surface area contributed by atoms with Crippen LogP contribution in [0.2, 0.25) is 0 Å². The van der Waals surface area contributed by atoms with Gasteiger partial charge in [0.05, 0.1) is 24.9 Å². The van der Waals surface area contributed by atoms with Crippen molar-refractivity contribution in [2.24, 2.45) is 5.92 Å². The lowest BCUT2D eigenvalue weighted by molar-refractivity contribution is -0.0246. The van der Waals surface area contributed by atoms with Crippen LogP contribution in [-0.2, 0) is 4.74 Å². The lowest BCUT2D eigenvalue weighted by atomic mass is 9.89. The van der Waals surface area contributed by atoms with Crippen molar-refractivity contribution >= 4 is 0 Å². The minimum Gasteiger partial charge on any atom is -0.394 e. The SMILES string of the molecule is CC1CCC(OCC(C)(CO)NC2CC2)CC1. The van der Waals surface area contributed by atoms with Crippen LogP contribution in [0.1, 0.15) is 52.4 Å². The van der Waals surface area contributed by atoms with E-state index >= 15 is 0 Å². The highest BCUT2D eigenvalue weighted by Gasteiger charge is 2.33. The highest BCUT2D eigenvalue weighted by atomic mass is 16.5. The fraction of sp³-hybridized carbons (Fsp3) is 1.00. The molecule has 1 unspecified atom stereocenters. The molecular formula is C14H27NO2. The van der Waals surface area contributed by atoms with Crippen LogP contribution < -0.4 is 5.32 Å². The molecule has 0 aromatic rings. The maximum Gasteiger partial charge on any atom is 0.0671 e. The van der Waals surface area contributed by atoms with Gasteiger partial charge in [-0.1, -0.05) is 6.92 Å². The molecule has 2 saturated carbocycles. The summed E-state index contributed by atoms with van der Waals surface area (Å²) in [6, 6.07) is 0.613. The quantitative estimate of drug-likeness (QED) is 0.748. The zero-order valence-electron chi connectivity index (χ0n) is 11.2. The number of nitrogens with one attached hydrogen (secondary N) is 1. The Bertz CT molecular complexity index is 234. The van der Waals surface area contributed by atoms with E-state index in [0.717, 1.165) is 5.92 Å². The van der Waals surface area contributed by atoms with Crippen molar-refractivity contribution in [1.82, 2.24) is 5.32 Å². The van der Waals surface area contributed by atoms with Crippen LogP contribution in [-0.4, -0.2) is 36.0 Å². The molecule has 2 aliphatic carbocycles. The van der Waals surface area contributed by atoms with Gasteiger partial charge in [-0.15, -0.1) is 0 Å². The Morgan fingerprint density at radius 3 is 2.35 bits per heavy atom. The first-order chi connectivity index (χ1) is 8.11. The second-order valence-electron chi connectivity index (χ2n) is 6.33. The van der Waals surface area contributed by atoms with Crippen LogP contribution in [0.4, 0.5) is 0 Å². The zero-order valence-corrected chi connectivity index (χ0v) is 11.2. The molecule has 0 spiro atoms. The first kappa shape index (κ1) is 13.3. The van der Waals surface area contributed by atoms with Gasteiger partial charge in [0.2, 0.25) is 0 Å². The number of aliphatic hydroxyl groups excluding tert-OH is 1. The highest BCUT2D eigenvalue weighted by molar-refractivity contribution is 4.92. The van der Waals surface area contributed by atoms with E-state index in [2.05, 4.69) is 19.2 Å². The average Bonchev–Trinajstić information content (AvgIpc) is 3.12. The largest absolute Gasteiger partial charge is 0.394 e. The van der Waals surface area contributed by atoms with E-state index in [1.807, 2.05) is 0 Å². The third kappa shape index (κ3) is 4.23. The molecule has 3 heteroatoms. The number of hydrogen-bond acceptors (Lipinski definition) is 3. The summed E-state index contributed by atoms with van der Waals surface area (Å²) in [4.78, 5) is 0. The normalized spacial score (nSPS) is 33.4. The predicted molar refractivity (Wildman–Crippen MR) is 69.0 cm³/mol. The van der Waals surface area contributed by atoms with Crippen molar-refractivity contribution in [2.75, 3.05) is 13.2 Å². The summed E-state index contributed by atoms with van der Waals surface area (Å²) in [5, 5.41) is 13.0. The average molecular weight is 241 g/mol. The summed E-state index contributed by atoms with van der Waals surface area (Å²) in [7, 11) is 0.